The fraction of sp³-hybridized carbons (Fsp3) is 0. The Hall–Kier alpha value is -2.42. The van der Waals surface area contributed by atoms with Crippen LogP contribution in [0.1, 0.15) is 0 Å². The number of hydrogen-bond donors (Lipinski definition) is 2. The molecule has 4 aromatic rings. The van der Waals surface area contributed by atoms with Crippen LogP contribution in [0.3, 0.4) is 0 Å². The molecule has 0 bridgehead atoms. The van der Waals surface area contributed by atoms with Gasteiger partial charge in [0.1, 0.15) is 0 Å². The normalized spacial score (nSPS) is 12.2. The predicted molar refractivity (Wildman–Crippen MR) is 87.9 cm³/mol. The van der Waals surface area contributed by atoms with E-state index in [-0.39, 0.29) is 10.8 Å². The van der Waals surface area contributed by atoms with Gasteiger partial charge in [0.15, 0.2) is 11.0 Å². The molecule has 0 amide bonds. The SMILES string of the molecule is O=S(=O)(O)c1ccc2c(c1)cc(O)n2-c1nc2ccccc2s1. The summed E-state index contributed by atoms with van der Waals surface area (Å²) in [4.78, 5) is 4.27. The molecule has 0 saturated heterocycles. The first kappa shape index (κ1) is 14.2. The molecule has 0 aliphatic rings. The zero-order valence-electron chi connectivity index (χ0n) is 11.5. The van der Waals surface area contributed by atoms with Crippen molar-refractivity contribution < 1.29 is 18.1 Å². The van der Waals surface area contributed by atoms with E-state index in [1.54, 1.807) is 4.57 Å². The van der Waals surface area contributed by atoms with Crippen molar-refractivity contribution in [2.24, 2.45) is 0 Å². The molecule has 8 heteroatoms. The standard InChI is InChI=1S/C15H10N2O4S2/c18-14-8-9-7-10(23(19,20)21)5-6-12(9)17(14)15-16-11-3-1-2-4-13(11)22-15/h1-8,18H,(H,19,20,21). The van der Waals surface area contributed by atoms with E-state index in [1.807, 2.05) is 24.3 Å². The highest BCUT2D eigenvalue weighted by molar-refractivity contribution is 7.85. The fourth-order valence-electron chi connectivity index (χ4n) is 2.50. The predicted octanol–water partition coefficient (Wildman–Crippen LogP) is 3.19. The molecule has 0 aliphatic heterocycles. The molecular formula is C15H10N2O4S2. The summed E-state index contributed by atoms with van der Waals surface area (Å²) in [6.45, 7) is 0. The van der Waals surface area contributed by atoms with Gasteiger partial charge in [0.2, 0.25) is 0 Å². The number of aromatic hydroxyl groups is 1. The summed E-state index contributed by atoms with van der Waals surface area (Å²) in [6.07, 6.45) is 0. The van der Waals surface area contributed by atoms with Crippen LogP contribution >= 0.6 is 11.3 Å². The lowest BCUT2D eigenvalue weighted by Gasteiger charge is -2.02. The molecule has 116 valence electrons. The van der Waals surface area contributed by atoms with Crippen LogP contribution in [0.2, 0.25) is 0 Å². The minimum atomic E-state index is -4.29. The van der Waals surface area contributed by atoms with Crippen LogP contribution in [0.4, 0.5) is 0 Å². The molecule has 0 fully saturated rings. The quantitative estimate of drug-likeness (QED) is 0.544. The minimum absolute atomic E-state index is 0.0495. The number of benzene rings is 2. The third-order valence-corrected chi connectivity index (χ3v) is 5.40. The van der Waals surface area contributed by atoms with Gasteiger partial charge in [-0.3, -0.25) is 9.12 Å². The average molecular weight is 346 g/mol. The minimum Gasteiger partial charge on any atom is -0.494 e. The van der Waals surface area contributed by atoms with Gasteiger partial charge in [-0.25, -0.2) is 4.98 Å². The Labute approximate surface area is 135 Å². The van der Waals surface area contributed by atoms with Crippen LogP contribution in [-0.4, -0.2) is 27.6 Å². The maximum absolute atomic E-state index is 11.2. The summed E-state index contributed by atoms with van der Waals surface area (Å²) >= 11 is 1.42. The highest BCUT2D eigenvalue weighted by Gasteiger charge is 2.16. The molecule has 2 aromatic carbocycles. The van der Waals surface area contributed by atoms with E-state index in [4.69, 9.17) is 4.55 Å². The van der Waals surface area contributed by atoms with Gasteiger partial charge in [-0.2, -0.15) is 8.42 Å². The Morgan fingerprint density at radius 1 is 1.09 bits per heavy atom. The Bertz CT molecular complexity index is 1130. The Kier molecular flexibility index (Phi) is 2.95. The van der Waals surface area contributed by atoms with Gasteiger partial charge in [-0.15, -0.1) is 0 Å². The van der Waals surface area contributed by atoms with Gasteiger partial charge in [-0.1, -0.05) is 23.5 Å². The van der Waals surface area contributed by atoms with Crippen LogP contribution in [0.5, 0.6) is 5.88 Å². The van der Waals surface area contributed by atoms with Crippen LogP contribution in [0, 0.1) is 0 Å². The van der Waals surface area contributed by atoms with Gasteiger partial charge in [0.25, 0.3) is 10.1 Å². The second-order valence-electron chi connectivity index (χ2n) is 5.00. The van der Waals surface area contributed by atoms with E-state index in [0.29, 0.717) is 16.0 Å². The van der Waals surface area contributed by atoms with Crippen LogP contribution in [0.15, 0.2) is 53.4 Å². The topological polar surface area (TPSA) is 92.4 Å². The van der Waals surface area contributed by atoms with Gasteiger partial charge in [-0.05, 0) is 30.3 Å². The zero-order chi connectivity index (χ0) is 16.2. The Morgan fingerprint density at radius 3 is 2.61 bits per heavy atom. The number of rotatable bonds is 2. The average Bonchev–Trinajstić information content (AvgIpc) is 3.04. The lowest BCUT2D eigenvalue weighted by Crippen LogP contribution is -1.98. The van der Waals surface area contributed by atoms with Crippen molar-refractivity contribution in [2.45, 2.75) is 4.90 Å². The van der Waals surface area contributed by atoms with E-state index in [9.17, 15) is 13.5 Å². The first-order chi connectivity index (χ1) is 10.9. The molecule has 2 heterocycles. The summed E-state index contributed by atoms with van der Waals surface area (Å²) in [7, 11) is -4.29. The van der Waals surface area contributed by atoms with Gasteiger partial charge in [0.05, 0.1) is 20.6 Å². The van der Waals surface area contributed by atoms with E-state index in [1.165, 1.54) is 35.6 Å². The molecule has 0 saturated carbocycles. The van der Waals surface area contributed by atoms with Crippen molar-refractivity contribution in [2.75, 3.05) is 0 Å². The summed E-state index contributed by atoms with van der Waals surface area (Å²) in [5, 5.41) is 11.3. The molecule has 2 N–H and O–H groups in total. The first-order valence-corrected chi connectivity index (χ1v) is 8.87. The highest BCUT2D eigenvalue weighted by atomic mass is 32.2. The smallest absolute Gasteiger partial charge is 0.294 e. The second kappa shape index (κ2) is 4.79. The molecule has 0 spiro atoms. The van der Waals surface area contributed by atoms with Crippen LogP contribution < -0.4 is 0 Å². The van der Waals surface area contributed by atoms with Crippen molar-refractivity contribution in [3.63, 3.8) is 0 Å². The van der Waals surface area contributed by atoms with Crippen molar-refractivity contribution in [3.05, 3.63) is 48.5 Å². The van der Waals surface area contributed by atoms with Crippen LogP contribution in [0.25, 0.3) is 26.3 Å². The lowest BCUT2D eigenvalue weighted by molar-refractivity contribution is 0.445. The molecule has 23 heavy (non-hydrogen) atoms. The largest absolute Gasteiger partial charge is 0.494 e. The summed E-state index contributed by atoms with van der Waals surface area (Å²) in [6, 6.07) is 13.2. The van der Waals surface area contributed by atoms with Gasteiger partial charge in [0, 0.05) is 11.5 Å². The molecule has 0 aliphatic carbocycles. The zero-order valence-corrected chi connectivity index (χ0v) is 13.2. The van der Waals surface area contributed by atoms with Crippen molar-refractivity contribution in [3.8, 4) is 11.0 Å². The molecule has 4 rings (SSSR count). The van der Waals surface area contributed by atoms with Crippen molar-refractivity contribution in [1.29, 1.82) is 0 Å². The maximum atomic E-state index is 11.2. The number of nitrogens with zero attached hydrogens (tertiary/aromatic N) is 2. The molecule has 0 radical (unpaired) electrons. The fourth-order valence-corrected chi connectivity index (χ4v) is 4.00. The number of hydrogen-bond acceptors (Lipinski definition) is 5. The first-order valence-electron chi connectivity index (χ1n) is 6.61. The number of aromatic nitrogens is 2. The third kappa shape index (κ3) is 2.27. The molecule has 0 unspecified atom stereocenters. The van der Waals surface area contributed by atoms with E-state index >= 15 is 0 Å². The third-order valence-electron chi connectivity index (χ3n) is 3.53. The van der Waals surface area contributed by atoms with Crippen molar-refractivity contribution in [1.82, 2.24) is 9.55 Å². The maximum Gasteiger partial charge on any atom is 0.294 e. The Balaban J connectivity index is 1.98. The van der Waals surface area contributed by atoms with Gasteiger partial charge >= 0.3 is 0 Å². The van der Waals surface area contributed by atoms with Crippen LogP contribution in [-0.2, 0) is 10.1 Å². The second-order valence-corrected chi connectivity index (χ2v) is 7.43. The molecular weight excluding hydrogens is 336 g/mol. The molecule has 2 aromatic heterocycles. The highest BCUT2D eigenvalue weighted by Crippen LogP contribution is 2.33. The molecule has 0 atom stereocenters. The summed E-state index contributed by atoms with van der Waals surface area (Å²) < 4.78 is 34.1. The number of para-hydroxylation sites is 1. The van der Waals surface area contributed by atoms with E-state index in [0.717, 1.165) is 10.2 Å². The Morgan fingerprint density at radius 2 is 1.87 bits per heavy atom. The number of fused-ring (bicyclic) bond motifs is 2. The lowest BCUT2D eigenvalue weighted by atomic mass is 10.2. The van der Waals surface area contributed by atoms with E-state index < -0.39 is 10.1 Å². The monoisotopic (exact) mass is 346 g/mol. The van der Waals surface area contributed by atoms with Crippen molar-refractivity contribution >= 4 is 42.6 Å². The van der Waals surface area contributed by atoms with Gasteiger partial charge < -0.3 is 5.11 Å². The summed E-state index contributed by atoms with van der Waals surface area (Å²) in [5.41, 5.74) is 1.43. The van der Waals surface area contributed by atoms with E-state index in [2.05, 4.69) is 4.98 Å². The number of thiazole rings is 1. The molecule has 6 nitrogen and oxygen atoms in total. The summed E-state index contributed by atoms with van der Waals surface area (Å²) in [5.74, 6) is -0.0495.